The van der Waals surface area contributed by atoms with Crippen molar-refractivity contribution in [2.45, 2.75) is 6.92 Å². The van der Waals surface area contributed by atoms with Crippen LogP contribution in [-0.4, -0.2) is 12.3 Å². The first-order valence-corrected chi connectivity index (χ1v) is 3.39. The predicted octanol–water partition coefficient (Wildman–Crippen LogP) is 1.07. The molecule has 0 atom stereocenters. The molecule has 0 heterocycles. The predicted molar refractivity (Wildman–Crippen MR) is 42.5 cm³/mol. The van der Waals surface area contributed by atoms with E-state index in [9.17, 15) is 9.59 Å². The first kappa shape index (κ1) is 11.9. The fourth-order valence-electron chi connectivity index (χ4n) is 0.795. The molecule has 4 heteroatoms. The third kappa shape index (κ3) is 3.40. The van der Waals surface area contributed by atoms with E-state index < -0.39 is 5.97 Å². The maximum atomic E-state index is 10.5. The van der Waals surface area contributed by atoms with Gasteiger partial charge in [0.15, 0.2) is 0 Å². The molecule has 0 aliphatic heterocycles. The Hall–Kier alpha value is -1.12. The summed E-state index contributed by atoms with van der Waals surface area (Å²) in [5, 5.41) is 0. The van der Waals surface area contributed by atoms with E-state index in [1.807, 2.05) is 0 Å². The van der Waals surface area contributed by atoms with Gasteiger partial charge < -0.3 is 9.53 Å². The van der Waals surface area contributed by atoms with E-state index in [0.29, 0.717) is 0 Å². The topological polar surface area (TPSA) is 43.4 Å². The van der Waals surface area contributed by atoms with Crippen LogP contribution in [0.5, 0.6) is 5.75 Å². The van der Waals surface area contributed by atoms with E-state index in [-0.39, 0.29) is 28.4 Å². The smallest absolute Gasteiger partial charge is 0.296 e. The number of esters is 1. The number of benzene rings is 1. The van der Waals surface area contributed by atoms with Crippen molar-refractivity contribution in [3.63, 3.8) is 0 Å². The zero-order chi connectivity index (χ0) is 8.97. The fourth-order valence-corrected chi connectivity index (χ4v) is 0.795. The maximum Gasteiger partial charge on any atom is 0.296 e. The van der Waals surface area contributed by atoms with Crippen molar-refractivity contribution in [2.24, 2.45) is 0 Å². The molecule has 0 spiro atoms. The summed E-state index contributed by atoms with van der Waals surface area (Å²) >= 11 is 0. The molecule has 1 rings (SSSR count). The number of hydrogen-bond acceptors (Lipinski definition) is 3. The van der Waals surface area contributed by atoms with Gasteiger partial charge in [-0.15, -0.1) is 11.6 Å². The van der Waals surface area contributed by atoms with E-state index >= 15 is 0 Å². The Morgan fingerprint density at radius 2 is 2.00 bits per heavy atom. The molecule has 0 saturated carbocycles. The summed E-state index contributed by atoms with van der Waals surface area (Å²) in [7, 11) is 0. The zero-order valence-electron chi connectivity index (χ0n) is 6.89. The minimum Gasteiger partial charge on any atom is -0.490 e. The van der Waals surface area contributed by atoms with Crippen LogP contribution in [0.25, 0.3) is 0 Å². The minimum absolute atomic E-state index is 0. The van der Waals surface area contributed by atoms with Gasteiger partial charge in [0.25, 0.3) is 5.97 Å². The SMILES string of the molecule is CC(=O)Oc1ccccc1[C-]=O.[Fe]. The molecule has 1 aromatic rings. The Kier molecular flexibility index (Phi) is 5.04. The summed E-state index contributed by atoms with van der Waals surface area (Å²) in [5.41, 5.74) is 0.257. The number of hydrogen-bond donors (Lipinski definition) is 0. The third-order valence-corrected chi connectivity index (χ3v) is 1.25. The third-order valence-electron chi connectivity index (χ3n) is 1.25. The first-order chi connectivity index (χ1) is 5.74. The van der Waals surface area contributed by atoms with Crippen LogP contribution in [0.2, 0.25) is 0 Å². The van der Waals surface area contributed by atoms with Crippen molar-refractivity contribution in [3.05, 3.63) is 29.8 Å². The molecule has 0 aliphatic carbocycles. The van der Waals surface area contributed by atoms with Crippen molar-refractivity contribution in [3.8, 4) is 5.75 Å². The van der Waals surface area contributed by atoms with Crippen LogP contribution in [-0.2, 0) is 26.7 Å². The van der Waals surface area contributed by atoms with Gasteiger partial charge in [-0.1, -0.05) is 12.1 Å². The molecule has 0 radical (unpaired) electrons. The summed E-state index contributed by atoms with van der Waals surface area (Å²) in [6.45, 7) is 1.28. The molecule has 13 heavy (non-hydrogen) atoms. The molecule has 0 saturated heterocycles. The van der Waals surface area contributed by atoms with E-state index in [1.165, 1.54) is 13.0 Å². The maximum absolute atomic E-state index is 10.5. The van der Waals surface area contributed by atoms with Crippen molar-refractivity contribution < 1.29 is 31.4 Å². The van der Waals surface area contributed by atoms with E-state index in [4.69, 9.17) is 4.74 Å². The van der Waals surface area contributed by atoms with Crippen LogP contribution in [0.15, 0.2) is 24.3 Å². The van der Waals surface area contributed by atoms with Crippen LogP contribution in [0.4, 0.5) is 0 Å². The molecule has 0 aromatic heterocycles. The Labute approximate surface area is 86.6 Å². The quantitative estimate of drug-likeness (QED) is 0.323. The molecule has 0 aliphatic rings. The van der Waals surface area contributed by atoms with Gasteiger partial charge in [0.1, 0.15) is 0 Å². The molecule has 1 aromatic carbocycles. The molecule has 0 fully saturated rings. The summed E-state index contributed by atoms with van der Waals surface area (Å²) in [6.07, 6.45) is 1.67. The van der Waals surface area contributed by atoms with Crippen LogP contribution < -0.4 is 4.74 Å². The van der Waals surface area contributed by atoms with Gasteiger partial charge in [0.2, 0.25) is 0 Å². The molecule has 0 N–H and O–H groups in total. The van der Waals surface area contributed by atoms with Gasteiger partial charge in [-0.25, -0.2) is 0 Å². The number of carbonyl (C=O) groups excluding carboxylic acids is 2. The Bertz CT molecular complexity index is 309. The standard InChI is InChI=1S/C9H7O3.Fe/c1-7(11)12-9-5-3-2-4-8(9)6-10;/h2-5H,1H3;/q-1;. The average Bonchev–Trinajstić information content (AvgIpc) is 2.04. The van der Waals surface area contributed by atoms with Crippen molar-refractivity contribution in [2.75, 3.05) is 0 Å². The number of rotatable bonds is 2. The first-order valence-electron chi connectivity index (χ1n) is 3.39. The monoisotopic (exact) mass is 219 g/mol. The van der Waals surface area contributed by atoms with Gasteiger partial charge in [-0.2, -0.15) is 6.07 Å². The van der Waals surface area contributed by atoms with E-state index in [0.717, 1.165) is 0 Å². The number of carbonyl (C=O) groups is 1. The second-order valence-corrected chi connectivity index (χ2v) is 2.19. The van der Waals surface area contributed by atoms with Gasteiger partial charge >= 0.3 is 0 Å². The number of para-hydroxylation sites is 1. The minimum atomic E-state index is -0.447. The van der Waals surface area contributed by atoms with Gasteiger partial charge in [-0.3, -0.25) is 4.79 Å². The van der Waals surface area contributed by atoms with Crippen LogP contribution in [0.1, 0.15) is 12.5 Å². The Morgan fingerprint density at radius 3 is 2.54 bits per heavy atom. The molecule has 70 valence electrons. The van der Waals surface area contributed by atoms with Crippen LogP contribution in [0.3, 0.4) is 0 Å². The number of ether oxygens (including phenoxy) is 1. The van der Waals surface area contributed by atoms with Crippen molar-refractivity contribution in [1.82, 2.24) is 0 Å². The summed E-state index contributed by atoms with van der Waals surface area (Å²) in [6, 6.07) is 6.43. The molecule has 0 unspecified atom stereocenters. The van der Waals surface area contributed by atoms with Gasteiger partial charge in [0, 0.05) is 29.7 Å². The van der Waals surface area contributed by atoms with Crippen molar-refractivity contribution >= 4 is 12.3 Å². The van der Waals surface area contributed by atoms with E-state index in [2.05, 4.69) is 0 Å². The Morgan fingerprint density at radius 1 is 1.38 bits per heavy atom. The second kappa shape index (κ2) is 5.51. The molecule has 0 bridgehead atoms. The fraction of sp³-hybridized carbons (Fsp3) is 0.111. The summed E-state index contributed by atoms with van der Waals surface area (Å²) in [4.78, 5) is 20.8. The summed E-state index contributed by atoms with van der Waals surface area (Å²) in [5.74, 6) is -0.197. The Balaban J connectivity index is 0.00000144. The normalized spacial score (nSPS) is 8.38. The van der Waals surface area contributed by atoms with E-state index in [1.54, 1.807) is 24.5 Å². The summed E-state index contributed by atoms with van der Waals surface area (Å²) < 4.78 is 4.73. The van der Waals surface area contributed by atoms with Gasteiger partial charge in [-0.05, 0) is 0 Å². The van der Waals surface area contributed by atoms with Gasteiger partial charge in [0.05, 0.1) is 6.29 Å². The largest absolute Gasteiger partial charge is 0.490 e. The van der Waals surface area contributed by atoms with Crippen LogP contribution >= 0.6 is 0 Å². The molecular formula is C9H7FeO3-. The molecular weight excluding hydrogens is 212 g/mol. The molecule has 3 nitrogen and oxygen atoms in total. The van der Waals surface area contributed by atoms with Crippen molar-refractivity contribution in [1.29, 1.82) is 0 Å². The zero-order valence-corrected chi connectivity index (χ0v) is 7.99. The second-order valence-electron chi connectivity index (χ2n) is 2.19. The average molecular weight is 219 g/mol. The van der Waals surface area contributed by atoms with Crippen LogP contribution in [0, 0.1) is 0 Å². The molecule has 0 amide bonds.